The van der Waals surface area contributed by atoms with Crippen LogP contribution in [0.5, 0.6) is 0 Å². The summed E-state index contributed by atoms with van der Waals surface area (Å²) in [5.74, 6) is 3.23. The molecule has 2 N–H and O–H groups in total. The Hall–Kier alpha value is -1.04. The fourth-order valence-electron chi connectivity index (χ4n) is 1.46. The summed E-state index contributed by atoms with van der Waals surface area (Å²) < 4.78 is 0. The molecule has 0 bridgehead atoms. The van der Waals surface area contributed by atoms with Gasteiger partial charge in [0.15, 0.2) is 0 Å². The number of nitrogens with two attached hydrogens (primary N) is 1. The lowest BCUT2D eigenvalue weighted by molar-refractivity contribution is 0.675. The zero-order chi connectivity index (χ0) is 9.97. The number of nitrogens with zero attached hydrogens (tertiary/aromatic N) is 4. The molecule has 5 nitrogen and oxygen atoms in total. The van der Waals surface area contributed by atoms with Crippen molar-refractivity contribution in [1.29, 1.82) is 0 Å². The van der Waals surface area contributed by atoms with Crippen LogP contribution in [-0.2, 0) is 0 Å². The van der Waals surface area contributed by atoms with Gasteiger partial charge in [-0.1, -0.05) is 0 Å². The van der Waals surface area contributed by atoms with Gasteiger partial charge in [-0.15, -0.1) is 0 Å². The van der Waals surface area contributed by atoms with E-state index in [1.807, 2.05) is 11.8 Å². The van der Waals surface area contributed by atoms with Gasteiger partial charge in [-0.25, -0.2) is 9.97 Å². The largest absolute Gasteiger partial charge is 0.368 e. The van der Waals surface area contributed by atoms with Crippen molar-refractivity contribution >= 4 is 23.7 Å². The van der Waals surface area contributed by atoms with Crippen LogP contribution in [0.2, 0.25) is 0 Å². The molecular formula is C8H13N5S. The van der Waals surface area contributed by atoms with Gasteiger partial charge in [0.2, 0.25) is 11.9 Å². The Morgan fingerprint density at radius 3 is 3.14 bits per heavy atom. The zero-order valence-electron chi connectivity index (χ0n) is 8.05. The number of rotatable bonds is 1. The van der Waals surface area contributed by atoms with E-state index in [4.69, 9.17) is 5.73 Å². The summed E-state index contributed by atoms with van der Waals surface area (Å²) in [7, 11) is 0. The van der Waals surface area contributed by atoms with Gasteiger partial charge in [-0.2, -0.15) is 16.7 Å². The van der Waals surface area contributed by atoms with E-state index in [1.54, 1.807) is 0 Å². The predicted octanol–water partition coefficient (Wildman–Crippen LogP) is 0.396. The number of thioether (sulfide) groups is 1. The molecule has 1 unspecified atom stereocenters. The Morgan fingerprint density at radius 1 is 1.57 bits per heavy atom. The standard InChI is InChI=1S/C8H13N5S/c1-6-4-14-3-2-13(6)8-11-5-10-7(9)12-8/h5-6H,2-4H2,1H3,(H2,9,10,11,12). The fourth-order valence-corrected chi connectivity index (χ4v) is 2.48. The molecule has 1 aromatic rings. The molecule has 0 saturated carbocycles. The molecule has 6 heteroatoms. The Morgan fingerprint density at radius 2 is 2.43 bits per heavy atom. The molecule has 1 aliphatic rings. The van der Waals surface area contributed by atoms with Crippen molar-refractivity contribution in [3.63, 3.8) is 0 Å². The van der Waals surface area contributed by atoms with Crippen molar-refractivity contribution in [2.45, 2.75) is 13.0 Å². The van der Waals surface area contributed by atoms with Crippen LogP contribution in [0.1, 0.15) is 6.92 Å². The van der Waals surface area contributed by atoms with Gasteiger partial charge in [0, 0.05) is 24.1 Å². The van der Waals surface area contributed by atoms with E-state index in [9.17, 15) is 0 Å². The summed E-state index contributed by atoms with van der Waals surface area (Å²) in [5, 5.41) is 0. The highest BCUT2D eigenvalue weighted by Crippen LogP contribution is 2.20. The molecule has 0 spiro atoms. The van der Waals surface area contributed by atoms with Gasteiger partial charge in [-0.05, 0) is 6.92 Å². The quantitative estimate of drug-likeness (QED) is 0.725. The van der Waals surface area contributed by atoms with Crippen LogP contribution in [0, 0.1) is 0 Å². The maximum Gasteiger partial charge on any atom is 0.230 e. The van der Waals surface area contributed by atoms with Crippen LogP contribution < -0.4 is 10.6 Å². The van der Waals surface area contributed by atoms with Crippen LogP contribution in [0.4, 0.5) is 11.9 Å². The van der Waals surface area contributed by atoms with Gasteiger partial charge in [0.1, 0.15) is 6.33 Å². The van der Waals surface area contributed by atoms with Gasteiger partial charge in [0.05, 0.1) is 0 Å². The highest BCUT2D eigenvalue weighted by atomic mass is 32.2. The number of aromatic nitrogens is 3. The number of nitrogen functional groups attached to an aromatic ring is 1. The summed E-state index contributed by atoms with van der Waals surface area (Å²) in [6, 6.07) is 0.468. The van der Waals surface area contributed by atoms with Crippen LogP contribution in [0.15, 0.2) is 6.33 Å². The second-order valence-corrected chi connectivity index (χ2v) is 4.41. The first-order valence-electron chi connectivity index (χ1n) is 4.56. The Bertz CT molecular complexity index is 318. The lowest BCUT2D eigenvalue weighted by atomic mass is 10.3. The third-order valence-corrected chi connectivity index (χ3v) is 3.39. The van der Waals surface area contributed by atoms with Crippen LogP contribution in [0.3, 0.4) is 0 Å². The summed E-state index contributed by atoms with van der Waals surface area (Å²) in [4.78, 5) is 14.2. The SMILES string of the molecule is CC1CSCCN1c1ncnc(N)n1. The summed E-state index contributed by atoms with van der Waals surface area (Å²) in [6.07, 6.45) is 1.46. The Kier molecular flexibility index (Phi) is 2.72. The molecule has 2 heterocycles. The first-order valence-corrected chi connectivity index (χ1v) is 5.72. The van der Waals surface area contributed by atoms with Crippen molar-refractivity contribution in [2.75, 3.05) is 28.7 Å². The molecule has 0 aromatic carbocycles. The highest BCUT2D eigenvalue weighted by Gasteiger charge is 2.20. The van der Waals surface area contributed by atoms with Crippen LogP contribution in [0.25, 0.3) is 0 Å². The maximum absolute atomic E-state index is 5.52. The van der Waals surface area contributed by atoms with Crippen LogP contribution in [-0.4, -0.2) is 39.0 Å². The average Bonchev–Trinajstić information content (AvgIpc) is 2.18. The lowest BCUT2D eigenvalue weighted by Gasteiger charge is -2.32. The maximum atomic E-state index is 5.52. The first kappa shape index (κ1) is 9.51. The fraction of sp³-hybridized carbons (Fsp3) is 0.625. The molecule has 14 heavy (non-hydrogen) atoms. The molecular weight excluding hydrogens is 198 g/mol. The third-order valence-electron chi connectivity index (χ3n) is 2.20. The minimum atomic E-state index is 0.292. The molecule has 2 rings (SSSR count). The topological polar surface area (TPSA) is 67.9 Å². The van der Waals surface area contributed by atoms with Crippen molar-refractivity contribution in [2.24, 2.45) is 0 Å². The van der Waals surface area contributed by atoms with Gasteiger partial charge < -0.3 is 10.6 Å². The van der Waals surface area contributed by atoms with Gasteiger partial charge in [-0.3, -0.25) is 0 Å². The molecule has 1 atom stereocenters. The van der Waals surface area contributed by atoms with Crippen molar-refractivity contribution in [3.05, 3.63) is 6.33 Å². The Balaban J connectivity index is 2.20. The summed E-state index contributed by atoms with van der Waals surface area (Å²) in [6.45, 7) is 3.15. The van der Waals surface area contributed by atoms with Crippen molar-refractivity contribution in [3.8, 4) is 0 Å². The smallest absolute Gasteiger partial charge is 0.230 e. The van der Waals surface area contributed by atoms with Gasteiger partial charge in [0.25, 0.3) is 0 Å². The normalized spacial score (nSPS) is 22.4. The minimum Gasteiger partial charge on any atom is -0.368 e. The predicted molar refractivity (Wildman–Crippen MR) is 58.4 cm³/mol. The number of hydrogen-bond acceptors (Lipinski definition) is 6. The lowest BCUT2D eigenvalue weighted by Crippen LogP contribution is -2.41. The molecule has 0 aliphatic carbocycles. The summed E-state index contributed by atoms with van der Waals surface area (Å²) >= 11 is 1.96. The summed E-state index contributed by atoms with van der Waals surface area (Å²) in [5.41, 5.74) is 5.52. The second-order valence-electron chi connectivity index (χ2n) is 3.26. The molecule has 0 radical (unpaired) electrons. The Labute approximate surface area is 87.1 Å². The van der Waals surface area contributed by atoms with E-state index in [0.717, 1.165) is 18.1 Å². The molecule has 76 valence electrons. The van der Waals surface area contributed by atoms with E-state index in [-0.39, 0.29) is 0 Å². The molecule has 1 aromatic heterocycles. The van der Waals surface area contributed by atoms with Crippen LogP contribution >= 0.6 is 11.8 Å². The van der Waals surface area contributed by atoms with E-state index >= 15 is 0 Å². The third kappa shape index (κ3) is 1.89. The van der Waals surface area contributed by atoms with E-state index < -0.39 is 0 Å². The van der Waals surface area contributed by atoms with E-state index in [2.05, 4.69) is 26.8 Å². The van der Waals surface area contributed by atoms with E-state index in [1.165, 1.54) is 6.33 Å². The first-order chi connectivity index (χ1) is 6.77. The number of hydrogen-bond donors (Lipinski definition) is 1. The van der Waals surface area contributed by atoms with Crippen molar-refractivity contribution in [1.82, 2.24) is 15.0 Å². The monoisotopic (exact) mass is 211 g/mol. The molecule has 1 fully saturated rings. The highest BCUT2D eigenvalue weighted by molar-refractivity contribution is 7.99. The molecule has 1 aliphatic heterocycles. The molecule has 0 amide bonds. The average molecular weight is 211 g/mol. The zero-order valence-corrected chi connectivity index (χ0v) is 8.87. The van der Waals surface area contributed by atoms with E-state index in [0.29, 0.717) is 17.9 Å². The van der Waals surface area contributed by atoms with Gasteiger partial charge >= 0.3 is 0 Å². The molecule has 1 saturated heterocycles. The minimum absolute atomic E-state index is 0.292. The van der Waals surface area contributed by atoms with Crippen molar-refractivity contribution < 1.29 is 0 Å². The second kappa shape index (κ2) is 4.00. The number of anilines is 2.